The zero-order valence-electron chi connectivity index (χ0n) is 15.0. The fraction of sp³-hybridized carbons (Fsp3) is 0.381. The highest BCUT2D eigenvalue weighted by Crippen LogP contribution is 2.38. The molecule has 0 fully saturated rings. The number of anilines is 1. The maximum atomic E-state index is 12.4. The maximum Gasteiger partial charge on any atom is 0.407 e. The summed E-state index contributed by atoms with van der Waals surface area (Å²) in [5.74, 6) is 0.729. The van der Waals surface area contributed by atoms with E-state index in [9.17, 15) is 4.79 Å². The Hall–Kier alpha value is -2.49. The Labute approximate surface area is 149 Å². The van der Waals surface area contributed by atoms with E-state index < -0.39 is 0 Å². The average Bonchev–Trinajstić information content (AvgIpc) is 2.62. The molecular weight excluding hydrogens is 312 g/mol. The van der Waals surface area contributed by atoms with Gasteiger partial charge in [-0.05, 0) is 23.1 Å². The molecule has 4 heteroatoms. The predicted octanol–water partition coefficient (Wildman–Crippen LogP) is 4.74. The summed E-state index contributed by atoms with van der Waals surface area (Å²) in [4.78, 5) is 12.4. The van der Waals surface area contributed by atoms with Crippen LogP contribution in [-0.2, 0) is 11.3 Å². The first kappa shape index (κ1) is 17.3. The minimum Gasteiger partial charge on any atom is -0.445 e. The molecule has 0 radical (unpaired) electrons. The summed E-state index contributed by atoms with van der Waals surface area (Å²) >= 11 is 0. The van der Waals surface area contributed by atoms with E-state index in [1.807, 2.05) is 42.5 Å². The summed E-state index contributed by atoms with van der Waals surface area (Å²) in [5, 5.41) is 6.69. The number of carbonyl (C=O) groups excluding carboxylic acids is 1. The molecule has 1 unspecified atom stereocenters. The van der Waals surface area contributed by atoms with Crippen molar-refractivity contribution in [2.45, 2.75) is 39.5 Å². The number of benzene rings is 2. The normalized spacial score (nSPS) is 22.0. The lowest BCUT2D eigenvalue weighted by molar-refractivity contribution is 0.129. The molecule has 0 bridgehead atoms. The highest BCUT2D eigenvalue weighted by Gasteiger charge is 2.36. The Bertz CT molecular complexity index is 715. The van der Waals surface area contributed by atoms with Crippen molar-refractivity contribution in [3.8, 4) is 0 Å². The lowest BCUT2D eigenvalue weighted by Gasteiger charge is -2.41. The monoisotopic (exact) mass is 338 g/mol. The number of amides is 1. The molecule has 0 aliphatic carbocycles. The van der Waals surface area contributed by atoms with Gasteiger partial charge in [-0.2, -0.15) is 0 Å². The zero-order valence-corrected chi connectivity index (χ0v) is 15.0. The first-order valence-electron chi connectivity index (χ1n) is 8.89. The van der Waals surface area contributed by atoms with Gasteiger partial charge in [-0.3, -0.25) is 0 Å². The van der Waals surface area contributed by atoms with Gasteiger partial charge in [-0.1, -0.05) is 69.3 Å². The van der Waals surface area contributed by atoms with E-state index in [-0.39, 0.29) is 24.7 Å². The Morgan fingerprint density at radius 1 is 1.12 bits per heavy atom. The summed E-state index contributed by atoms with van der Waals surface area (Å²) in [7, 11) is 0. The van der Waals surface area contributed by atoms with Crippen LogP contribution in [0.2, 0.25) is 0 Å². The Kier molecular flexibility index (Phi) is 5.27. The van der Waals surface area contributed by atoms with Crippen LogP contribution >= 0.6 is 0 Å². The molecule has 1 aliphatic heterocycles. The Morgan fingerprint density at radius 3 is 2.52 bits per heavy atom. The number of para-hydroxylation sites is 1. The van der Waals surface area contributed by atoms with Gasteiger partial charge < -0.3 is 15.4 Å². The highest BCUT2D eigenvalue weighted by molar-refractivity contribution is 5.69. The lowest BCUT2D eigenvalue weighted by atomic mass is 9.79. The molecule has 132 valence electrons. The Morgan fingerprint density at radius 2 is 1.80 bits per heavy atom. The van der Waals surface area contributed by atoms with E-state index in [0.717, 1.165) is 16.8 Å². The van der Waals surface area contributed by atoms with Crippen molar-refractivity contribution in [2.24, 2.45) is 11.8 Å². The van der Waals surface area contributed by atoms with Crippen molar-refractivity contribution in [3.05, 3.63) is 65.7 Å². The third-order valence-electron chi connectivity index (χ3n) is 4.91. The van der Waals surface area contributed by atoms with Crippen LogP contribution in [0.25, 0.3) is 0 Å². The third-order valence-corrected chi connectivity index (χ3v) is 4.91. The maximum absolute atomic E-state index is 12.4. The smallest absolute Gasteiger partial charge is 0.407 e. The summed E-state index contributed by atoms with van der Waals surface area (Å²) in [5.41, 5.74) is 3.19. The summed E-state index contributed by atoms with van der Waals surface area (Å²) in [6.45, 7) is 6.86. The third kappa shape index (κ3) is 3.95. The van der Waals surface area contributed by atoms with E-state index in [4.69, 9.17) is 4.74 Å². The predicted molar refractivity (Wildman–Crippen MR) is 100 cm³/mol. The van der Waals surface area contributed by atoms with Crippen molar-refractivity contribution < 1.29 is 9.53 Å². The molecule has 4 nitrogen and oxygen atoms in total. The molecule has 0 spiro atoms. The van der Waals surface area contributed by atoms with Crippen LogP contribution < -0.4 is 10.6 Å². The second-order valence-corrected chi connectivity index (χ2v) is 7.04. The average molecular weight is 338 g/mol. The molecule has 2 N–H and O–H groups in total. The van der Waals surface area contributed by atoms with Gasteiger partial charge in [0.2, 0.25) is 0 Å². The van der Waals surface area contributed by atoms with Crippen LogP contribution in [0.15, 0.2) is 54.6 Å². The van der Waals surface area contributed by atoms with Gasteiger partial charge in [-0.15, -0.1) is 0 Å². The molecule has 3 rings (SSSR count). The molecule has 25 heavy (non-hydrogen) atoms. The number of hydrogen-bond acceptors (Lipinski definition) is 3. The van der Waals surface area contributed by atoms with Crippen molar-refractivity contribution in [3.63, 3.8) is 0 Å². The SMILES string of the molecule is CC(C)C1Nc2ccccc2[C@H](NC(=O)OCc2ccccc2)[C@H]1C. The van der Waals surface area contributed by atoms with Crippen molar-refractivity contribution >= 4 is 11.8 Å². The second kappa shape index (κ2) is 7.60. The standard InChI is InChI=1S/C21H26N2O2/c1-14(2)19-15(3)20(17-11-7-8-12-18(17)22-19)23-21(24)25-13-16-9-5-4-6-10-16/h4-12,14-15,19-20,22H,13H2,1-3H3,(H,23,24)/t15-,19?,20+/m0/s1. The zero-order chi connectivity index (χ0) is 17.8. The van der Waals surface area contributed by atoms with Crippen LogP contribution in [0.5, 0.6) is 0 Å². The van der Waals surface area contributed by atoms with E-state index in [1.54, 1.807) is 0 Å². The largest absolute Gasteiger partial charge is 0.445 e. The van der Waals surface area contributed by atoms with Gasteiger partial charge in [0.05, 0.1) is 6.04 Å². The van der Waals surface area contributed by atoms with Crippen molar-refractivity contribution in [1.82, 2.24) is 5.32 Å². The van der Waals surface area contributed by atoms with Crippen LogP contribution in [-0.4, -0.2) is 12.1 Å². The molecule has 0 saturated carbocycles. The number of ether oxygens (including phenoxy) is 1. The minimum absolute atomic E-state index is 0.0619. The summed E-state index contributed by atoms with van der Waals surface area (Å²) < 4.78 is 5.42. The first-order chi connectivity index (χ1) is 12.1. The molecule has 0 saturated heterocycles. The van der Waals surface area contributed by atoms with Crippen LogP contribution in [0.3, 0.4) is 0 Å². The number of nitrogens with one attached hydrogen (secondary N) is 2. The van der Waals surface area contributed by atoms with Gasteiger partial charge in [0.1, 0.15) is 6.61 Å². The first-order valence-corrected chi connectivity index (χ1v) is 8.89. The fourth-order valence-electron chi connectivity index (χ4n) is 3.58. The van der Waals surface area contributed by atoms with Crippen molar-refractivity contribution in [2.75, 3.05) is 5.32 Å². The Balaban J connectivity index is 1.72. The molecule has 1 amide bonds. The van der Waals surface area contributed by atoms with Gasteiger partial charge >= 0.3 is 6.09 Å². The lowest BCUT2D eigenvalue weighted by Crippen LogP contribution is -2.46. The molecule has 0 aromatic heterocycles. The molecule has 2 aromatic carbocycles. The van der Waals surface area contributed by atoms with Gasteiger partial charge in [-0.25, -0.2) is 4.79 Å². The molecule has 1 aliphatic rings. The fourth-order valence-corrected chi connectivity index (χ4v) is 3.58. The quantitative estimate of drug-likeness (QED) is 0.846. The number of alkyl carbamates (subject to hydrolysis) is 1. The van der Waals surface area contributed by atoms with E-state index in [0.29, 0.717) is 12.0 Å². The van der Waals surface area contributed by atoms with Crippen LogP contribution in [0, 0.1) is 11.8 Å². The topological polar surface area (TPSA) is 50.4 Å². The number of rotatable bonds is 4. The van der Waals surface area contributed by atoms with Gasteiger partial charge in [0.25, 0.3) is 0 Å². The minimum atomic E-state index is -0.375. The highest BCUT2D eigenvalue weighted by atomic mass is 16.5. The second-order valence-electron chi connectivity index (χ2n) is 7.04. The number of carbonyl (C=O) groups is 1. The van der Waals surface area contributed by atoms with E-state index in [2.05, 4.69) is 43.5 Å². The molecule has 3 atom stereocenters. The van der Waals surface area contributed by atoms with Gasteiger partial charge in [0.15, 0.2) is 0 Å². The van der Waals surface area contributed by atoms with Gasteiger partial charge in [0, 0.05) is 17.6 Å². The number of fused-ring (bicyclic) bond motifs is 1. The molecule has 2 aromatic rings. The van der Waals surface area contributed by atoms with Crippen LogP contribution in [0.1, 0.15) is 37.9 Å². The number of hydrogen-bond donors (Lipinski definition) is 2. The van der Waals surface area contributed by atoms with E-state index >= 15 is 0 Å². The molecular formula is C21H26N2O2. The van der Waals surface area contributed by atoms with Crippen molar-refractivity contribution in [1.29, 1.82) is 0 Å². The molecule has 1 heterocycles. The van der Waals surface area contributed by atoms with Crippen LogP contribution in [0.4, 0.5) is 10.5 Å². The summed E-state index contributed by atoms with van der Waals surface area (Å²) in [6, 6.07) is 18.1. The summed E-state index contributed by atoms with van der Waals surface area (Å²) in [6.07, 6.45) is -0.375. The van der Waals surface area contributed by atoms with E-state index in [1.165, 1.54) is 0 Å².